The van der Waals surface area contributed by atoms with Crippen LogP contribution in [-0.4, -0.2) is 11.1 Å². The lowest BCUT2D eigenvalue weighted by Gasteiger charge is -2.11. The first kappa shape index (κ1) is 16.4. The highest BCUT2D eigenvalue weighted by molar-refractivity contribution is 7.98. The summed E-state index contributed by atoms with van der Waals surface area (Å²) in [6, 6.07) is 10.5. The number of rotatable bonds is 4. The third-order valence-electron chi connectivity index (χ3n) is 3.01. The minimum absolute atomic E-state index is 0.321. The average molecular weight is 326 g/mol. The maximum atomic E-state index is 12.7. The molecule has 0 fully saturated rings. The summed E-state index contributed by atoms with van der Waals surface area (Å²) in [5.74, 6) is -0.870. The highest BCUT2D eigenvalue weighted by Gasteiger charge is 2.31. The Hall–Kier alpha value is -1.95. The molecule has 0 heterocycles. The van der Waals surface area contributed by atoms with Gasteiger partial charge < -0.3 is 5.11 Å². The molecule has 0 saturated heterocycles. The molecule has 0 aliphatic carbocycles. The number of carbonyl (C=O) groups is 1. The molecule has 0 unspecified atom stereocenters. The minimum Gasteiger partial charge on any atom is -0.478 e. The molecule has 0 saturated carbocycles. The van der Waals surface area contributed by atoms with Gasteiger partial charge in [-0.2, -0.15) is 13.2 Å². The van der Waals surface area contributed by atoms with Crippen LogP contribution in [0.4, 0.5) is 13.2 Å². The van der Waals surface area contributed by atoms with Gasteiger partial charge in [0.1, 0.15) is 0 Å². The molecule has 0 atom stereocenters. The van der Waals surface area contributed by atoms with E-state index >= 15 is 0 Å². The Balaban J connectivity index is 2.25. The number of hydrogen-bond donors (Lipinski definition) is 1. The smallest absolute Gasteiger partial charge is 0.416 e. The van der Waals surface area contributed by atoms with E-state index in [1.807, 2.05) is 31.2 Å². The quantitative estimate of drug-likeness (QED) is 0.803. The predicted octanol–water partition coefficient (Wildman–Crippen LogP) is 5.00. The number of carboxylic acid groups (broad SMARTS) is 1. The second kappa shape index (κ2) is 6.44. The standard InChI is InChI=1S/C16H13F3O2S/c1-10-3-2-4-11(7-10)9-22-14-6-5-12(16(17,18)19)8-13(14)15(20)21/h2-8H,9H2,1H3,(H,20,21). The van der Waals surface area contributed by atoms with Crippen LogP contribution in [0.25, 0.3) is 0 Å². The molecule has 0 bridgehead atoms. The van der Waals surface area contributed by atoms with Crippen LogP contribution < -0.4 is 0 Å². The Morgan fingerprint density at radius 2 is 1.91 bits per heavy atom. The number of hydrogen-bond acceptors (Lipinski definition) is 2. The van der Waals surface area contributed by atoms with Crippen LogP contribution in [0.2, 0.25) is 0 Å². The topological polar surface area (TPSA) is 37.3 Å². The number of carboxylic acids is 1. The van der Waals surface area contributed by atoms with E-state index < -0.39 is 17.7 Å². The summed E-state index contributed by atoms with van der Waals surface area (Å²) in [4.78, 5) is 11.5. The molecular formula is C16H13F3O2S. The third-order valence-corrected chi connectivity index (χ3v) is 4.16. The molecule has 2 rings (SSSR count). The summed E-state index contributed by atoms with van der Waals surface area (Å²) in [7, 11) is 0. The molecule has 2 nitrogen and oxygen atoms in total. The van der Waals surface area contributed by atoms with Gasteiger partial charge in [0, 0.05) is 10.6 Å². The van der Waals surface area contributed by atoms with E-state index in [1.54, 1.807) is 0 Å². The number of alkyl halides is 3. The predicted molar refractivity (Wildman–Crippen MR) is 79.1 cm³/mol. The summed E-state index contributed by atoms with van der Waals surface area (Å²) >= 11 is 1.21. The van der Waals surface area contributed by atoms with Crippen LogP contribution in [0.15, 0.2) is 47.4 Å². The zero-order valence-corrected chi connectivity index (χ0v) is 12.5. The Morgan fingerprint density at radius 1 is 1.18 bits per heavy atom. The number of halogens is 3. The van der Waals surface area contributed by atoms with Crippen molar-refractivity contribution in [3.05, 3.63) is 64.7 Å². The van der Waals surface area contributed by atoms with Crippen molar-refractivity contribution in [3.8, 4) is 0 Å². The molecule has 1 N–H and O–H groups in total. The second-order valence-corrected chi connectivity index (χ2v) is 5.81. The van der Waals surface area contributed by atoms with Crippen LogP contribution in [0, 0.1) is 6.92 Å². The first-order valence-electron chi connectivity index (χ1n) is 6.40. The molecule has 2 aromatic rings. The fraction of sp³-hybridized carbons (Fsp3) is 0.188. The normalized spacial score (nSPS) is 11.5. The van der Waals surface area contributed by atoms with Crippen molar-refractivity contribution < 1.29 is 23.1 Å². The SMILES string of the molecule is Cc1cccc(CSc2ccc(C(F)(F)F)cc2C(=O)O)c1. The Morgan fingerprint density at radius 3 is 2.50 bits per heavy atom. The van der Waals surface area contributed by atoms with E-state index in [0.717, 1.165) is 17.2 Å². The molecule has 22 heavy (non-hydrogen) atoms. The van der Waals surface area contributed by atoms with Crippen molar-refractivity contribution >= 4 is 17.7 Å². The van der Waals surface area contributed by atoms with Crippen molar-refractivity contribution in [3.63, 3.8) is 0 Å². The monoisotopic (exact) mass is 326 g/mol. The molecular weight excluding hydrogens is 313 g/mol. The molecule has 0 amide bonds. The van der Waals surface area contributed by atoms with E-state index in [9.17, 15) is 18.0 Å². The van der Waals surface area contributed by atoms with E-state index in [-0.39, 0.29) is 5.56 Å². The van der Waals surface area contributed by atoms with Crippen LogP contribution in [0.1, 0.15) is 27.0 Å². The van der Waals surface area contributed by atoms with Gasteiger partial charge in [0.2, 0.25) is 0 Å². The van der Waals surface area contributed by atoms with E-state index in [1.165, 1.54) is 17.8 Å². The molecule has 0 radical (unpaired) electrons. The van der Waals surface area contributed by atoms with Crippen molar-refractivity contribution in [2.75, 3.05) is 0 Å². The lowest BCUT2D eigenvalue weighted by atomic mass is 10.1. The zero-order valence-electron chi connectivity index (χ0n) is 11.6. The summed E-state index contributed by atoms with van der Waals surface area (Å²) in [6.07, 6.45) is -4.55. The summed E-state index contributed by atoms with van der Waals surface area (Å²) in [6.45, 7) is 1.94. The number of aryl methyl sites for hydroxylation is 1. The Bertz CT molecular complexity index is 696. The van der Waals surface area contributed by atoms with Crippen LogP contribution in [-0.2, 0) is 11.9 Å². The van der Waals surface area contributed by atoms with Crippen LogP contribution in [0.5, 0.6) is 0 Å². The lowest BCUT2D eigenvalue weighted by molar-refractivity contribution is -0.137. The third kappa shape index (κ3) is 4.04. The van der Waals surface area contributed by atoms with Gasteiger partial charge >= 0.3 is 12.1 Å². The van der Waals surface area contributed by atoms with Crippen LogP contribution >= 0.6 is 11.8 Å². The van der Waals surface area contributed by atoms with Gasteiger partial charge in [-0.1, -0.05) is 29.8 Å². The van der Waals surface area contributed by atoms with Gasteiger partial charge in [0.15, 0.2) is 0 Å². The molecule has 0 aromatic heterocycles. The fourth-order valence-electron chi connectivity index (χ4n) is 1.96. The maximum absolute atomic E-state index is 12.7. The molecule has 6 heteroatoms. The molecule has 0 spiro atoms. The van der Waals surface area contributed by atoms with Gasteiger partial charge in [-0.3, -0.25) is 0 Å². The summed E-state index contributed by atoms with van der Waals surface area (Å²) in [5.41, 5.74) is 0.780. The molecule has 116 valence electrons. The summed E-state index contributed by atoms with van der Waals surface area (Å²) in [5, 5.41) is 9.12. The number of benzene rings is 2. The lowest BCUT2D eigenvalue weighted by Crippen LogP contribution is -2.08. The van der Waals surface area contributed by atoms with E-state index in [4.69, 9.17) is 5.11 Å². The van der Waals surface area contributed by atoms with Gasteiger partial charge in [-0.05, 0) is 30.7 Å². The molecule has 0 aliphatic rings. The van der Waals surface area contributed by atoms with Crippen molar-refractivity contribution in [2.45, 2.75) is 23.7 Å². The van der Waals surface area contributed by atoms with Crippen molar-refractivity contribution in [2.24, 2.45) is 0 Å². The van der Waals surface area contributed by atoms with Crippen molar-refractivity contribution in [1.29, 1.82) is 0 Å². The average Bonchev–Trinajstić information content (AvgIpc) is 2.44. The largest absolute Gasteiger partial charge is 0.478 e. The first-order valence-corrected chi connectivity index (χ1v) is 7.39. The van der Waals surface area contributed by atoms with E-state index in [0.29, 0.717) is 16.7 Å². The van der Waals surface area contributed by atoms with Gasteiger partial charge in [0.25, 0.3) is 0 Å². The highest BCUT2D eigenvalue weighted by atomic mass is 32.2. The number of thioether (sulfide) groups is 1. The Labute approximate surface area is 130 Å². The highest BCUT2D eigenvalue weighted by Crippen LogP contribution is 2.34. The van der Waals surface area contributed by atoms with Gasteiger partial charge in [-0.25, -0.2) is 4.79 Å². The van der Waals surface area contributed by atoms with E-state index in [2.05, 4.69) is 0 Å². The van der Waals surface area contributed by atoms with Gasteiger partial charge in [-0.15, -0.1) is 11.8 Å². The summed E-state index contributed by atoms with van der Waals surface area (Å²) < 4.78 is 38.0. The van der Waals surface area contributed by atoms with Gasteiger partial charge in [0.05, 0.1) is 11.1 Å². The molecule has 2 aromatic carbocycles. The number of aromatic carboxylic acids is 1. The molecule has 0 aliphatic heterocycles. The fourth-order valence-corrected chi connectivity index (χ4v) is 2.93. The second-order valence-electron chi connectivity index (χ2n) is 4.79. The first-order chi connectivity index (χ1) is 10.3. The van der Waals surface area contributed by atoms with Crippen LogP contribution in [0.3, 0.4) is 0 Å². The zero-order chi connectivity index (χ0) is 16.3. The maximum Gasteiger partial charge on any atom is 0.416 e. The minimum atomic E-state index is -4.55. The van der Waals surface area contributed by atoms with Crippen molar-refractivity contribution in [1.82, 2.24) is 0 Å². The Kier molecular flexibility index (Phi) is 4.81.